The second kappa shape index (κ2) is 3.87. The predicted molar refractivity (Wildman–Crippen MR) is 50.4 cm³/mol. The molecular weight excluding hydrogens is 166 g/mol. The zero-order valence-corrected chi connectivity index (χ0v) is 8.50. The molecule has 0 unspecified atom stereocenters. The topological polar surface area (TPSA) is 64.9 Å². The number of hydrogen-bond acceptors (Lipinski definition) is 4. The van der Waals surface area contributed by atoms with Crippen LogP contribution in [-0.4, -0.2) is 16.7 Å². The van der Waals surface area contributed by atoms with E-state index in [2.05, 4.69) is 30.9 Å². The number of aromatic nitrogens is 2. The highest BCUT2D eigenvalue weighted by atomic mass is 16.5. The molecule has 1 aromatic rings. The number of nitrogens with two attached hydrogens (primary N) is 1. The Balaban J connectivity index is 2.79. The van der Waals surface area contributed by atoms with Crippen LogP contribution >= 0.6 is 0 Å². The molecule has 0 fully saturated rings. The van der Waals surface area contributed by atoms with Gasteiger partial charge in [-0.2, -0.15) is 4.98 Å². The summed E-state index contributed by atoms with van der Waals surface area (Å²) in [5.41, 5.74) is 5.36. The summed E-state index contributed by atoms with van der Waals surface area (Å²) >= 11 is 0. The van der Waals surface area contributed by atoms with Crippen molar-refractivity contribution in [3.05, 3.63) is 11.7 Å². The Hall–Kier alpha value is -0.900. The monoisotopic (exact) mass is 183 g/mol. The third-order valence-corrected chi connectivity index (χ3v) is 2.30. The number of hydrogen-bond donors (Lipinski definition) is 1. The van der Waals surface area contributed by atoms with E-state index in [1.165, 1.54) is 0 Å². The Bertz CT molecular complexity index is 268. The fourth-order valence-electron chi connectivity index (χ4n) is 0.911. The van der Waals surface area contributed by atoms with Crippen LogP contribution in [0.1, 0.15) is 38.9 Å². The smallest absolute Gasteiger partial charge is 0.232 e. The van der Waals surface area contributed by atoms with Gasteiger partial charge in [0.05, 0.1) is 0 Å². The molecule has 0 atom stereocenters. The summed E-state index contributed by atoms with van der Waals surface area (Å²) in [5.74, 6) is 1.41. The second-order valence-electron chi connectivity index (χ2n) is 3.79. The van der Waals surface area contributed by atoms with Gasteiger partial charge in [0.2, 0.25) is 5.89 Å². The highest BCUT2D eigenvalue weighted by Crippen LogP contribution is 2.24. The van der Waals surface area contributed by atoms with Crippen LogP contribution < -0.4 is 5.73 Å². The summed E-state index contributed by atoms with van der Waals surface area (Å²) in [4.78, 5) is 4.28. The Kier molecular flexibility index (Phi) is 3.03. The molecule has 4 nitrogen and oxygen atoms in total. The van der Waals surface area contributed by atoms with Crippen LogP contribution in [0.5, 0.6) is 0 Å². The minimum Gasteiger partial charge on any atom is -0.339 e. The zero-order chi connectivity index (χ0) is 9.90. The van der Waals surface area contributed by atoms with Crippen LogP contribution in [0.4, 0.5) is 0 Å². The standard InChI is InChI=1S/C9H17N3O/c1-4-9(2,3)8-11-7(5-6-10)12-13-8/h4-6,10H2,1-3H3. The maximum absolute atomic E-state index is 5.39. The van der Waals surface area contributed by atoms with Crippen LogP contribution in [0.15, 0.2) is 4.52 Å². The largest absolute Gasteiger partial charge is 0.339 e. The van der Waals surface area contributed by atoms with Gasteiger partial charge in [0.15, 0.2) is 5.82 Å². The molecule has 0 radical (unpaired) electrons. The van der Waals surface area contributed by atoms with Crippen molar-refractivity contribution in [3.63, 3.8) is 0 Å². The van der Waals surface area contributed by atoms with Crippen molar-refractivity contribution in [2.24, 2.45) is 5.73 Å². The van der Waals surface area contributed by atoms with Crippen molar-refractivity contribution >= 4 is 0 Å². The summed E-state index contributed by atoms with van der Waals surface area (Å²) in [6.45, 7) is 6.85. The molecule has 2 N–H and O–H groups in total. The van der Waals surface area contributed by atoms with Crippen molar-refractivity contribution in [3.8, 4) is 0 Å². The van der Waals surface area contributed by atoms with E-state index < -0.39 is 0 Å². The second-order valence-corrected chi connectivity index (χ2v) is 3.79. The first-order valence-corrected chi connectivity index (χ1v) is 4.63. The van der Waals surface area contributed by atoms with E-state index in [1.807, 2.05) is 0 Å². The minimum atomic E-state index is -0.0279. The normalized spacial score (nSPS) is 12.0. The molecule has 0 amide bonds. The molecule has 4 heteroatoms. The molecule has 13 heavy (non-hydrogen) atoms. The average Bonchev–Trinajstić information content (AvgIpc) is 2.54. The molecule has 1 aromatic heterocycles. The SMILES string of the molecule is CCC(C)(C)c1nc(CCN)no1. The first-order chi connectivity index (χ1) is 6.10. The van der Waals surface area contributed by atoms with E-state index in [4.69, 9.17) is 10.3 Å². The van der Waals surface area contributed by atoms with Crippen LogP contribution in [0.2, 0.25) is 0 Å². The first-order valence-electron chi connectivity index (χ1n) is 4.63. The lowest BCUT2D eigenvalue weighted by Crippen LogP contribution is -2.16. The van der Waals surface area contributed by atoms with E-state index in [0.29, 0.717) is 24.7 Å². The molecule has 0 aliphatic rings. The minimum absolute atomic E-state index is 0.0279. The number of nitrogens with zero attached hydrogens (tertiary/aromatic N) is 2. The molecular formula is C9H17N3O. The fraction of sp³-hybridized carbons (Fsp3) is 0.778. The van der Waals surface area contributed by atoms with Crippen molar-refractivity contribution in [1.82, 2.24) is 10.1 Å². The van der Waals surface area contributed by atoms with Gasteiger partial charge in [-0.3, -0.25) is 0 Å². The van der Waals surface area contributed by atoms with Crippen molar-refractivity contribution in [2.45, 2.75) is 39.0 Å². The maximum atomic E-state index is 5.39. The quantitative estimate of drug-likeness (QED) is 0.763. The van der Waals surface area contributed by atoms with Crippen molar-refractivity contribution in [2.75, 3.05) is 6.54 Å². The van der Waals surface area contributed by atoms with Gasteiger partial charge in [-0.25, -0.2) is 0 Å². The van der Waals surface area contributed by atoms with Gasteiger partial charge >= 0.3 is 0 Å². The highest BCUT2D eigenvalue weighted by molar-refractivity contribution is 5.00. The van der Waals surface area contributed by atoms with E-state index in [-0.39, 0.29) is 5.41 Å². The predicted octanol–water partition coefficient (Wildman–Crippen LogP) is 1.26. The molecule has 0 saturated carbocycles. The summed E-state index contributed by atoms with van der Waals surface area (Å²) < 4.78 is 5.16. The van der Waals surface area contributed by atoms with Gasteiger partial charge in [0.25, 0.3) is 0 Å². The Morgan fingerprint density at radius 2 is 2.15 bits per heavy atom. The summed E-state index contributed by atoms with van der Waals surface area (Å²) in [6.07, 6.45) is 1.67. The van der Waals surface area contributed by atoms with Gasteiger partial charge in [-0.1, -0.05) is 25.9 Å². The van der Waals surface area contributed by atoms with Gasteiger partial charge in [0.1, 0.15) is 0 Å². The van der Waals surface area contributed by atoms with Crippen molar-refractivity contribution in [1.29, 1.82) is 0 Å². The summed E-state index contributed by atoms with van der Waals surface area (Å²) in [7, 11) is 0. The highest BCUT2D eigenvalue weighted by Gasteiger charge is 2.25. The molecule has 0 spiro atoms. The van der Waals surface area contributed by atoms with Crippen LogP contribution in [0, 0.1) is 0 Å². The molecule has 1 rings (SSSR count). The summed E-state index contributed by atoms with van der Waals surface area (Å²) in [6, 6.07) is 0. The maximum Gasteiger partial charge on any atom is 0.232 e. The zero-order valence-electron chi connectivity index (χ0n) is 8.50. The Labute approximate surface area is 78.5 Å². The molecule has 74 valence electrons. The van der Waals surface area contributed by atoms with Crippen LogP contribution in [-0.2, 0) is 11.8 Å². The van der Waals surface area contributed by atoms with Gasteiger partial charge in [-0.15, -0.1) is 0 Å². The van der Waals surface area contributed by atoms with E-state index >= 15 is 0 Å². The molecule has 0 bridgehead atoms. The Morgan fingerprint density at radius 3 is 2.69 bits per heavy atom. The molecule has 0 saturated heterocycles. The molecule has 0 aliphatic heterocycles. The number of rotatable bonds is 4. The lowest BCUT2D eigenvalue weighted by atomic mass is 9.90. The molecule has 0 aliphatic carbocycles. The van der Waals surface area contributed by atoms with Gasteiger partial charge in [-0.05, 0) is 13.0 Å². The van der Waals surface area contributed by atoms with Gasteiger partial charge < -0.3 is 10.3 Å². The average molecular weight is 183 g/mol. The molecule has 1 heterocycles. The molecule has 0 aromatic carbocycles. The van der Waals surface area contributed by atoms with Crippen LogP contribution in [0.3, 0.4) is 0 Å². The summed E-state index contributed by atoms with van der Waals surface area (Å²) in [5, 5.41) is 3.85. The lowest BCUT2D eigenvalue weighted by molar-refractivity contribution is 0.300. The van der Waals surface area contributed by atoms with E-state index in [1.54, 1.807) is 0 Å². The van der Waals surface area contributed by atoms with Gasteiger partial charge in [0, 0.05) is 11.8 Å². The van der Waals surface area contributed by atoms with Crippen LogP contribution in [0.25, 0.3) is 0 Å². The first kappa shape index (κ1) is 10.2. The van der Waals surface area contributed by atoms with Crippen molar-refractivity contribution < 1.29 is 4.52 Å². The van der Waals surface area contributed by atoms with E-state index in [0.717, 1.165) is 6.42 Å². The van der Waals surface area contributed by atoms with E-state index in [9.17, 15) is 0 Å². The Morgan fingerprint density at radius 1 is 1.46 bits per heavy atom. The third kappa shape index (κ3) is 2.28. The lowest BCUT2D eigenvalue weighted by Gasteiger charge is -2.15. The third-order valence-electron chi connectivity index (χ3n) is 2.30. The fourth-order valence-corrected chi connectivity index (χ4v) is 0.911.